The molecule has 0 aliphatic rings. The van der Waals surface area contributed by atoms with E-state index in [9.17, 15) is 13.2 Å². The molecule has 24 heavy (non-hydrogen) atoms. The first kappa shape index (κ1) is 16.2. The zero-order valence-electron chi connectivity index (χ0n) is 12.9. The van der Waals surface area contributed by atoms with E-state index in [0.29, 0.717) is 17.8 Å². The van der Waals surface area contributed by atoms with Crippen LogP contribution in [0.15, 0.2) is 53.6 Å². The lowest BCUT2D eigenvalue weighted by atomic mass is 10.2. The Hall–Kier alpha value is -2.71. The smallest absolute Gasteiger partial charge is 0.255 e. The average molecular weight is 344 g/mol. The third kappa shape index (κ3) is 3.15. The summed E-state index contributed by atoms with van der Waals surface area (Å²) in [4.78, 5) is 12.5. The van der Waals surface area contributed by atoms with Gasteiger partial charge in [-0.2, -0.15) is 5.10 Å². The van der Waals surface area contributed by atoms with E-state index >= 15 is 0 Å². The minimum absolute atomic E-state index is 0.122. The molecule has 124 valence electrons. The lowest BCUT2D eigenvalue weighted by molar-refractivity contribution is 0.102. The maximum absolute atomic E-state index is 12.4. The number of anilines is 1. The van der Waals surface area contributed by atoms with E-state index < -0.39 is 10.0 Å². The van der Waals surface area contributed by atoms with Crippen LogP contribution < -0.4 is 10.0 Å². The lowest BCUT2D eigenvalue weighted by Crippen LogP contribution is -2.23. The van der Waals surface area contributed by atoms with Gasteiger partial charge in [-0.3, -0.25) is 9.89 Å². The van der Waals surface area contributed by atoms with Crippen molar-refractivity contribution in [3.63, 3.8) is 0 Å². The highest BCUT2D eigenvalue weighted by Gasteiger charge is 2.14. The van der Waals surface area contributed by atoms with Gasteiger partial charge in [0.2, 0.25) is 10.0 Å². The first-order valence-corrected chi connectivity index (χ1v) is 8.83. The van der Waals surface area contributed by atoms with Crippen molar-refractivity contribution in [2.45, 2.75) is 11.8 Å². The second-order valence-corrected chi connectivity index (χ2v) is 6.89. The van der Waals surface area contributed by atoms with Crippen LogP contribution >= 0.6 is 0 Å². The summed E-state index contributed by atoms with van der Waals surface area (Å²) in [5.41, 5.74) is 1.71. The van der Waals surface area contributed by atoms with E-state index in [2.05, 4.69) is 20.2 Å². The molecule has 1 heterocycles. The molecule has 0 bridgehead atoms. The van der Waals surface area contributed by atoms with E-state index in [0.717, 1.165) is 10.9 Å². The predicted octanol–water partition coefficient (Wildman–Crippen LogP) is 2.11. The molecule has 0 radical (unpaired) electrons. The number of nitrogens with zero attached hydrogens (tertiary/aromatic N) is 1. The quantitative estimate of drug-likeness (QED) is 0.659. The largest absolute Gasteiger partial charge is 0.320 e. The molecule has 1 amide bonds. The number of hydrogen-bond donors (Lipinski definition) is 3. The Morgan fingerprint density at radius 2 is 1.92 bits per heavy atom. The number of rotatable bonds is 5. The Kier molecular flexibility index (Phi) is 4.32. The molecular weight excluding hydrogens is 328 g/mol. The fraction of sp³-hybridized carbons (Fsp3) is 0.125. The van der Waals surface area contributed by atoms with Crippen molar-refractivity contribution in [3.05, 3.63) is 54.2 Å². The van der Waals surface area contributed by atoms with Gasteiger partial charge in [-0.25, -0.2) is 13.1 Å². The number of aromatic nitrogens is 2. The van der Waals surface area contributed by atoms with Gasteiger partial charge in [-0.1, -0.05) is 19.1 Å². The summed E-state index contributed by atoms with van der Waals surface area (Å²) in [6.45, 7) is 2.01. The molecule has 0 unspecified atom stereocenters. The number of carbonyl (C=O) groups is 1. The first-order valence-electron chi connectivity index (χ1n) is 7.34. The van der Waals surface area contributed by atoms with Gasteiger partial charge in [0.25, 0.3) is 5.91 Å². The summed E-state index contributed by atoms with van der Waals surface area (Å²) < 4.78 is 26.2. The molecule has 2 aromatic carbocycles. The van der Waals surface area contributed by atoms with E-state index in [4.69, 9.17) is 0 Å². The van der Waals surface area contributed by atoms with Gasteiger partial charge in [0.15, 0.2) is 0 Å². The van der Waals surface area contributed by atoms with Crippen molar-refractivity contribution in [1.29, 1.82) is 0 Å². The number of nitrogens with one attached hydrogen (secondary N) is 3. The lowest BCUT2D eigenvalue weighted by Gasteiger charge is -2.08. The molecule has 3 rings (SSSR count). The van der Waals surface area contributed by atoms with Crippen molar-refractivity contribution >= 4 is 32.5 Å². The second-order valence-electron chi connectivity index (χ2n) is 5.12. The minimum Gasteiger partial charge on any atom is -0.320 e. The molecule has 3 N–H and O–H groups in total. The number of hydrogen-bond acceptors (Lipinski definition) is 4. The zero-order chi connectivity index (χ0) is 17.2. The second kappa shape index (κ2) is 6.42. The summed E-state index contributed by atoms with van der Waals surface area (Å²) in [6.07, 6.45) is 1.67. The van der Waals surface area contributed by atoms with E-state index in [1.807, 2.05) is 12.1 Å². The van der Waals surface area contributed by atoms with E-state index in [1.54, 1.807) is 19.2 Å². The van der Waals surface area contributed by atoms with Gasteiger partial charge in [-0.15, -0.1) is 0 Å². The van der Waals surface area contributed by atoms with Crippen LogP contribution in [0.4, 0.5) is 5.69 Å². The normalized spacial score (nSPS) is 11.5. The fourth-order valence-corrected chi connectivity index (χ4v) is 3.37. The highest BCUT2D eigenvalue weighted by atomic mass is 32.2. The van der Waals surface area contributed by atoms with E-state index in [-0.39, 0.29) is 10.8 Å². The van der Waals surface area contributed by atoms with Crippen LogP contribution in [0.25, 0.3) is 10.9 Å². The van der Waals surface area contributed by atoms with Gasteiger partial charge in [0.1, 0.15) is 0 Å². The number of benzene rings is 2. The Morgan fingerprint density at radius 1 is 1.17 bits per heavy atom. The topological polar surface area (TPSA) is 104 Å². The molecule has 0 saturated carbocycles. The van der Waals surface area contributed by atoms with E-state index in [1.165, 1.54) is 24.3 Å². The molecule has 0 fully saturated rings. The molecule has 0 saturated heterocycles. The summed E-state index contributed by atoms with van der Waals surface area (Å²) in [6, 6.07) is 11.2. The molecule has 1 aromatic heterocycles. The number of fused-ring (bicyclic) bond motifs is 1. The monoisotopic (exact) mass is 344 g/mol. The number of sulfonamides is 1. The number of carbonyl (C=O) groups excluding carboxylic acids is 1. The van der Waals surface area contributed by atoms with Crippen LogP contribution in [0.5, 0.6) is 0 Å². The van der Waals surface area contributed by atoms with Crippen LogP contribution in [0, 0.1) is 0 Å². The summed E-state index contributed by atoms with van der Waals surface area (Å²) in [5, 5.41) is 10.5. The van der Waals surface area contributed by atoms with Gasteiger partial charge < -0.3 is 5.32 Å². The van der Waals surface area contributed by atoms with Crippen molar-refractivity contribution in [2.75, 3.05) is 11.9 Å². The average Bonchev–Trinajstić information content (AvgIpc) is 3.04. The molecule has 0 atom stereocenters. The van der Waals surface area contributed by atoms with Crippen LogP contribution in [-0.2, 0) is 10.0 Å². The fourth-order valence-electron chi connectivity index (χ4n) is 2.33. The molecule has 7 nitrogen and oxygen atoms in total. The maximum Gasteiger partial charge on any atom is 0.255 e. The van der Waals surface area contributed by atoms with Gasteiger partial charge in [0.05, 0.1) is 22.3 Å². The van der Waals surface area contributed by atoms with Crippen molar-refractivity contribution in [2.24, 2.45) is 0 Å². The number of amides is 1. The highest BCUT2D eigenvalue weighted by molar-refractivity contribution is 7.89. The Morgan fingerprint density at radius 3 is 2.62 bits per heavy atom. The van der Waals surface area contributed by atoms with Crippen molar-refractivity contribution in [3.8, 4) is 0 Å². The highest BCUT2D eigenvalue weighted by Crippen LogP contribution is 2.21. The van der Waals surface area contributed by atoms with Crippen molar-refractivity contribution in [1.82, 2.24) is 14.9 Å². The van der Waals surface area contributed by atoms with Gasteiger partial charge in [-0.05, 0) is 30.3 Å². The van der Waals surface area contributed by atoms with Crippen LogP contribution in [0.1, 0.15) is 17.3 Å². The zero-order valence-corrected chi connectivity index (χ0v) is 13.7. The minimum atomic E-state index is -3.53. The van der Waals surface area contributed by atoms with Crippen LogP contribution in [0.2, 0.25) is 0 Å². The van der Waals surface area contributed by atoms with Gasteiger partial charge >= 0.3 is 0 Å². The third-order valence-electron chi connectivity index (χ3n) is 3.49. The predicted molar refractivity (Wildman–Crippen MR) is 91.4 cm³/mol. The maximum atomic E-state index is 12.4. The Bertz CT molecular complexity index is 978. The molecule has 3 aromatic rings. The molecule has 0 aliphatic heterocycles. The molecular formula is C16H16N4O3S. The number of para-hydroxylation sites is 1. The summed E-state index contributed by atoms with van der Waals surface area (Å²) in [7, 11) is -3.53. The van der Waals surface area contributed by atoms with Gasteiger partial charge in [0, 0.05) is 17.5 Å². The summed E-state index contributed by atoms with van der Waals surface area (Å²) in [5.74, 6) is -0.329. The molecule has 0 aliphatic carbocycles. The molecule has 0 spiro atoms. The van der Waals surface area contributed by atoms with Crippen LogP contribution in [0.3, 0.4) is 0 Å². The SMILES string of the molecule is CCNS(=O)(=O)c1ccc(C(=O)Nc2cccc3cn[nH]c23)cc1. The Balaban J connectivity index is 1.82. The van der Waals surface area contributed by atoms with Crippen LogP contribution in [-0.4, -0.2) is 31.1 Å². The first-order chi connectivity index (χ1) is 11.5. The number of H-pyrrole nitrogens is 1. The summed E-state index contributed by atoms with van der Waals surface area (Å²) >= 11 is 0. The number of aromatic amines is 1. The molecule has 8 heteroatoms. The van der Waals surface area contributed by atoms with Crippen molar-refractivity contribution < 1.29 is 13.2 Å². The Labute approximate surface area is 139 Å². The third-order valence-corrected chi connectivity index (χ3v) is 5.05. The standard InChI is InChI=1S/C16H16N4O3S/c1-2-18-24(22,23)13-8-6-11(7-9-13)16(21)19-14-5-3-4-12-10-17-20-15(12)14/h3-10,18H,2H2,1H3,(H,17,20)(H,19,21).